The van der Waals surface area contributed by atoms with Crippen LogP contribution in [0.1, 0.15) is 142 Å². The van der Waals surface area contributed by atoms with Gasteiger partial charge in [-0.05, 0) is 77.0 Å². The molecule has 0 N–H and O–H groups in total. The highest BCUT2D eigenvalue weighted by Crippen LogP contribution is 2.11. The Labute approximate surface area is 275 Å². The maximum atomic E-state index is 12.2. The van der Waals surface area contributed by atoms with Crippen molar-refractivity contribution in [2.75, 3.05) is 12.5 Å². The van der Waals surface area contributed by atoms with Crippen LogP contribution in [0.25, 0.3) is 0 Å². The van der Waals surface area contributed by atoms with Crippen molar-refractivity contribution >= 4 is 23.5 Å². The van der Waals surface area contributed by atoms with Crippen LogP contribution < -0.4 is 0 Å². The fraction of sp³-hybridized carbons (Fsp3) is 0.641. The normalized spacial score (nSPS) is 13.1. The number of hydrogen-bond acceptors (Lipinski definition) is 4. The number of ether oxygens (including phenoxy) is 2. The molecule has 0 rings (SSSR count). The molecule has 0 bridgehead atoms. The van der Waals surface area contributed by atoms with E-state index >= 15 is 0 Å². The highest BCUT2D eigenvalue weighted by atomic mass is 35.5. The first-order chi connectivity index (χ1) is 21.6. The highest BCUT2D eigenvalue weighted by molar-refractivity contribution is 6.18. The van der Waals surface area contributed by atoms with Crippen molar-refractivity contribution in [1.29, 1.82) is 0 Å². The summed E-state index contributed by atoms with van der Waals surface area (Å²) in [4.78, 5) is 24.2. The lowest BCUT2D eigenvalue weighted by Gasteiger charge is -2.15. The van der Waals surface area contributed by atoms with E-state index < -0.39 is 6.10 Å². The molecule has 0 aromatic rings. The Morgan fingerprint density at radius 1 is 0.523 bits per heavy atom. The maximum absolute atomic E-state index is 12.2. The van der Waals surface area contributed by atoms with Gasteiger partial charge in [0.2, 0.25) is 0 Å². The number of hydrogen-bond donors (Lipinski definition) is 0. The predicted octanol–water partition coefficient (Wildman–Crippen LogP) is 11.9. The third-order valence-corrected chi connectivity index (χ3v) is 7.31. The van der Waals surface area contributed by atoms with Crippen LogP contribution in [-0.4, -0.2) is 30.5 Å². The largest absolute Gasteiger partial charge is 0.462 e. The van der Waals surface area contributed by atoms with Crippen molar-refractivity contribution in [1.82, 2.24) is 0 Å². The van der Waals surface area contributed by atoms with Crippen LogP contribution in [0.5, 0.6) is 0 Å². The van der Waals surface area contributed by atoms with Crippen LogP contribution in [-0.2, 0) is 19.1 Å². The topological polar surface area (TPSA) is 52.6 Å². The summed E-state index contributed by atoms with van der Waals surface area (Å²) in [5.74, 6) is -0.387. The quantitative estimate of drug-likeness (QED) is 0.0343. The smallest absolute Gasteiger partial charge is 0.306 e. The molecule has 0 aromatic carbocycles. The van der Waals surface area contributed by atoms with Gasteiger partial charge in [-0.25, -0.2) is 0 Å². The summed E-state index contributed by atoms with van der Waals surface area (Å²) in [6.07, 6.45) is 45.9. The van der Waals surface area contributed by atoms with Crippen molar-refractivity contribution in [2.45, 2.75) is 148 Å². The van der Waals surface area contributed by atoms with Crippen LogP contribution in [0.4, 0.5) is 0 Å². The number of allylic oxidation sites excluding steroid dienone is 12. The zero-order chi connectivity index (χ0) is 32.2. The van der Waals surface area contributed by atoms with Gasteiger partial charge in [-0.2, -0.15) is 0 Å². The molecule has 0 saturated carbocycles. The molecule has 0 aliphatic carbocycles. The Hall–Kier alpha value is -2.33. The van der Waals surface area contributed by atoms with Gasteiger partial charge in [-0.3, -0.25) is 9.59 Å². The van der Waals surface area contributed by atoms with Gasteiger partial charge < -0.3 is 9.47 Å². The Kier molecular flexibility index (Phi) is 33.3. The fourth-order valence-corrected chi connectivity index (χ4v) is 4.54. The van der Waals surface area contributed by atoms with Crippen LogP contribution in [0.2, 0.25) is 0 Å². The third kappa shape index (κ3) is 32.6. The molecule has 0 fully saturated rings. The minimum Gasteiger partial charge on any atom is -0.462 e. The van der Waals surface area contributed by atoms with E-state index in [1.54, 1.807) is 0 Å². The van der Waals surface area contributed by atoms with E-state index in [1.807, 2.05) is 0 Å². The van der Waals surface area contributed by atoms with Gasteiger partial charge in [0.05, 0.1) is 5.88 Å². The van der Waals surface area contributed by atoms with Crippen molar-refractivity contribution in [3.63, 3.8) is 0 Å². The molecule has 5 heteroatoms. The summed E-state index contributed by atoms with van der Waals surface area (Å²) in [6.45, 7) is 4.33. The number of unbranched alkanes of at least 4 members (excludes halogenated alkanes) is 10. The average Bonchev–Trinajstić information content (AvgIpc) is 3.02. The summed E-state index contributed by atoms with van der Waals surface area (Å²) in [5.41, 5.74) is 0. The molecule has 0 spiro atoms. The lowest BCUT2D eigenvalue weighted by molar-refractivity contribution is -0.157. The lowest BCUT2D eigenvalue weighted by Crippen LogP contribution is -2.26. The molecular weight excluding hydrogens is 568 g/mol. The minimum atomic E-state index is -0.580. The van der Waals surface area contributed by atoms with E-state index in [4.69, 9.17) is 21.1 Å². The van der Waals surface area contributed by atoms with Crippen molar-refractivity contribution in [3.8, 4) is 0 Å². The van der Waals surface area contributed by atoms with Crippen LogP contribution >= 0.6 is 11.6 Å². The molecular formula is C39H63ClO4. The number of halogens is 1. The number of esters is 2. The molecule has 250 valence electrons. The summed E-state index contributed by atoms with van der Waals surface area (Å²) < 4.78 is 10.7. The van der Waals surface area contributed by atoms with Gasteiger partial charge in [-0.15, -0.1) is 11.6 Å². The second-order valence-electron chi connectivity index (χ2n) is 11.1. The zero-order valence-electron chi connectivity index (χ0n) is 28.1. The SMILES string of the molecule is CC/C=C\C/C=C\C/C=C\CCCCCCCC(=O)OC[C@H](CCl)OC(=O)CCCCCCC/C=C\C/C=C\C/C=C\CC. The van der Waals surface area contributed by atoms with Gasteiger partial charge in [-0.1, -0.05) is 125 Å². The van der Waals surface area contributed by atoms with E-state index in [-0.39, 0.29) is 24.4 Å². The summed E-state index contributed by atoms with van der Waals surface area (Å²) in [7, 11) is 0. The molecule has 0 radical (unpaired) electrons. The van der Waals surface area contributed by atoms with Crippen LogP contribution in [0.3, 0.4) is 0 Å². The van der Waals surface area contributed by atoms with E-state index in [1.165, 1.54) is 25.7 Å². The van der Waals surface area contributed by atoms with E-state index in [0.717, 1.165) is 89.9 Å². The summed E-state index contributed by atoms with van der Waals surface area (Å²) >= 11 is 5.95. The lowest BCUT2D eigenvalue weighted by atomic mass is 10.1. The second-order valence-corrected chi connectivity index (χ2v) is 11.5. The molecule has 0 unspecified atom stereocenters. The van der Waals surface area contributed by atoms with E-state index in [0.29, 0.717) is 12.8 Å². The summed E-state index contributed by atoms with van der Waals surface area (Å²) in [5, 5.41) is 0. The van der Waals surface area contributed by atoms with Crippen LogP contribution in [0, 0.1) is 0 Å². The second kappa shape index (κ2) is 35.2. The molecule has 0 aliphatic heterocycles. The third-order valence-electron chi connectivity index (χ3n) is 6.96. The number of alkyl halides is 1. The van der Waals surface area contributed by atoms with Gasteiger partial charge in [0.15, 0.2) is 0 Å². The zero-order valence-corrected chi connectivity index (χ0v) is 28.8. The van der Waals surface area contributed by atoms with Gasteiger partial charge in [0, 0.05) is 12.8 Å². The molecule has 0 aliphatic rings. The molecule has 0 heterocycles. The first-order valence-corrected chi connectivity index (χ1v) is 18.0. The van der Waals surface area contributed by atoms with Gasteiger partial charge in [0.1, 0.15) is 12.7 Å². The molecule has 0 aromatic heterocycles. The number of carbonyl (C=O) groups is 2. The van der Waals surface area contributed by atoms with Gasteiger partial charge in [0.25, 0.3) is 0 Å². The molecule has 0 amide bonds. The predicted molar refractivity (Wildman–Crippen MR) is 190 cm³/mol. The maximum Gasteiger partial charge on any atom is 0.306 e. The van der Waals surface area contributed by atoms with Crippen molar-refractivity contribution in [2.24, 2.45) is 0 Å². The number of rotatable bonds is 30. The highest BCUT2D eigenvalue weighted by Gasteiger charge is 2.16. The van der Waals surface area contributed by atoms with Crippen molar-refractivity contribution < 1.29 is 19.1 Å². The Balaban J connectivity index is 3.67. The Morgan fingerprint density at radius 2 is 0.909 bits per heavy atom. The van der Waals surface area contributed by atoms with E-state index in [2.05, 4.69) is 86.8 Å². The molecule has 1 atom stereocenters. The first kappa shape index (κ1) is 41.7. The van der Waals surface area contributed by atoms with Crippen LogP contribution in [0.15, 0.2) is 72.9 Å². The van der Waals surface area contributed by atoms with Gasteiger partial charge >= 0.3 is 11.9 Å². The monoisotopic (exact) mass is 630 g/mol. The Morgan fingerprint density at radius 3 is 1.36 bits per heavy atom. The van der Waals surface area contributed by atoms with Crippen molar-refractivity contribution in [3.05, 3.63) is 72.9 Å². The standard InChI is InChI=1S/C39H63ClO4/c1-3-5-7-9-11-13-15-17-19-21-23-25-27-29-31-33-38(41)43-36-37(35-40)44-39(42)34-32-30-28-26-24-22-20-18-16-14-12-10-8-6-4-2/h5-8,11-14,17-20,37H,3-4,9-10,15-16,21-36H2,1-2H3/b7-5-,8-6-,13-11-,14-12-,19-17-,20-18-/t37-/m0/s1. The number of carbonyl (C=O) groups excluding carboxylic acids is 2. The minimum absolute atomic E-state index is 0.0320. The fourth-order valence-electron chi connectivity index (χ4n) is 4.39. The summed E-state index contributed by atoms with van der Waals surface area (Å²) in [6, 6.07) is 0. The molecule has 0 saturated heterocycles. The molecule has 44 heavy (non-hydrogen) atoms. The Bertz CT molecular complexity index is 837. The molecule has 4 nitrogen and oxygen atoms in total. The van der Waals surface area contributed by atoms with E-state index in [9.17, 15) is 9.59 Å². The first-order valence-electron chi connectivity index (χ1n) is 17.4. The average molecular weight is 631 g/mol.